The Bertz CT molecular complexity index is 1020. The van der Waals surface area contributed by atoms with Crippen LogP contribution in [0.15, 0.2) is 30.3 Å². The standard InChI is InChI=1S/C25H31N3O5/c1-16-23(25(32)33-3)20(27-24(16)17(2)29)15-22(31)28-13-11-19(12-14-28)26-21(30)10-9-18-7-5-4-6-8-18/h4-8,19,27H,9-15H2,1-3H3,(H,26,30). The van der Waals surface area contributed by atoms with E-state index in [4.69, 9.17) is 4.74 Å². The Labute approximate surface area is 193 Å². The monoisotopic (exact) mass is 453 g/mol. The van der Waals surface area contributed by atoms with Crippen LogP contribution < -0.4 is 5.32 Å². The van der Waals surface area contributed by atoms with E-state index >= 15 is 0 Å². The van der Waals surface area contributed by atoms with Gasteiger partial charge < -0.3 is 19.9 Å². The van der Waals surface area contributed by atoms with Gasteiger partial charge in [-0.2, -0.15) is 0 Å². The molecule has 0 unspecified atom stereocenters. The second-order valence-electron chi connectivity index (χ2n) is 8.41. The number of ether oxygens (including phenoxy) is 1. The number of hydrogen-bond donors (Lipinski definition) is 2. The minimum absolute atomic E-state index is 0.0185. The molecule has 8 heteroatoms. The zero-order chi connectivity index (χ0) is 24.0. The minimum Gasteiger partial charge on any atom is -0.465 e. The molecule has 33 heavy (non-hydrogen) atoms. The fraction of sp³-hybridized carbons (Fsp3) is 0.440. The van der Waals surface area contributed by atoms with E-state index < -0.39 is 5.97 Å². The number of nitrogens with one attached hydrogen (secondary N) is 2. The minimum atomic E-state index is -0.573. The molecule has 1 fully saturated rings. The number of carbonyl (C=O) groups excluding carboxylic acids is 4. The van der Waals surface area contributed by atoms with E-state index in [2.05, 4.69) is 10.3 Å². The molecular weight excluding hydrogens is 422 g/mol. The Balaban J connectivity index is 1.52. The van der Waals surface area contributed by atoms with Crippen molar-refractivity contribution in [3.8, 4) is 0 Å². The summed E-state index contributed by atoms with van der Waals surface area (Å²) in [5, 5.41) is 3.07. The maximum atomic E-state index is 12.9. The zero-order valence-corrected chi connectivity index (χ0v) is 19.4. The van der Waals surface area contributed by atoms with Crippen LogP contribution in [0.3, 0.4) is 0 Å². The molecule has 2 aromatic rings. The molecule has 8 nitrogen and oxygen atoms in total. The number of aromatic amines is 1. The van der Waals surface area contributed by atoms with Crippen molar-refractivity contribution in [2.75, 3.05) is 20.2 Å². The summed E-state index contributed by atoms with van der Waals surface area (Å²) in [6.45, 7) is 4.12. The summed E-state index contributed by atoms with van der Waals surface area (Å²) in [4.78, 5) is 53.9. The number of rotatable bonds is 8. The average Bonchev–Trinajstić information content (AvgIpc) is 3.14. The Morgan fingerprint density at radius 2 is 1.79 bits per heavy atom. The van der Waals surface area contributed by atoms with Crippen molar-refractivity contribution in [3.05, 3.63) is 58.4 Å². The van der Waals surface area contributed by atoms with Gasteiger partial charge in [0.05, 0.1) is 24.8 Å². The van der Waals surface area contributed by atoms with Crippen molar-refractivity contribution in [2.24, 2.45) is 0 Å². The van der Waals surface area contributed by atoms with Crippen LogP contribution in [0.5, 0.6) is 0 Å². The molecule has 3 rings (SSSR count). The largest absolute Gasteiger partial charge is 0.465 e. The number of methoxy groups -OCH3 is 1. The molecule has 0 spiro atoms. The third-order valence-electron chi connectivity index (χ3n) is 6.09. The number of likely N-dealkylation sites (tertiary alicyclic amines) is 1. The second-order valence-corrected chi connectivity index (χ2v) is 8.41. The summed E-state index contributed by atoms with van der Waals surface area (Å²) in [6, 6.07) is 9.93. The fourth-order valence-electron chi connectivity index (χ4n) is 4.26. The molecule has 1 aliphatic heterocycles. The number of nitrogens with zero attached hydrogens (tertiary/aromatic N) is 1. The highest BCUT2D eigenvalue weighted by Crippen LogP contribution is 2.22. The first kappa shape index (κ1) is 24.2. The van der Waals surface area contributed by atoms with Gasteiger partial charge in [0, 0.05) is 38.2 Å². The van der Waals surface area contributed by atoms with Crippen LogP contribution in [0.4, 0.5) is 0 Å². The number of ketones is 1. The Morgan fingerprint density at radius 3 is 2.39 bits per heavy atom. The van der Waals surface area contributed by atoms with Crippen molar-refractivity contribution in [3.63, 3.8) is 0 Å². The summed E-state index contributed by atoms with van der Waals surface area (Å²) < 4.78 is 4.84. The smallest absolute Gasteiger partial charge is 0.339 e. The molecule has 1 aliphatic rings. The van der Waals surface area contributed by atoms with Gasteiger partial charge in [-0.1, -0.05) is 30.3 Å². The van der Waals surface area contributed by atoms with Crippen LogP contribution in [0, 0.1) is 6.92 Å². The topological polar surface area (TPSA) is 109 Å². The van der Waals surface area contributed by atoms with Crippen molar-refractivity contribution < 1.29 is 23.9 Å². The number of benzene rings is 1. The fourth-order valence-corrected chi connectivity index (χ4v) is 4.26. The van der Waals surface area contributed by atoms with Crippen molar-refractivity contribution in [1.29, 1.82) is 0 Å². The molecule has 1 aromatic carbocycles. The van der Waals surface area contributed by atoms with Gasteiger partial charge in [-0.05, 0) is 37.3 Å². The highest BCUT2D eigenvalue weighted by atomic mass is 16.5. The predicted molar refractivity (Wildman–Crippen MR) is 123 cm³/mol. The van der Waals surface area contributed by atoms with E-state index in [-0.39, 0.29) is 35.6 Å². The number of Topliss-reactive ketones (excluding diaryl/α,β-unsaturated/α-hetero) is 1. The van der Waals surface area contributed by atoms with Crippen LogP contribution >= 0.6 is 0 Å². The van der Waals surface area contributed by atoms with Crippen LogP contribution in [-0.4, -0.2) is 59.7 Å². The molecular formula is C25H31N3O5. The van der Waals surface area contributed by atoms with Crippen LogP contribution in [0.1, 0.15) is 63.9 Å². The maximum absolute atomic E-state index is 12.9. The first-order valence-corrected chi connectivity index (χ1v) is 11.2. The third kappa shape index (κ3) is 6.09. The van der Waals surface area contributed by atoms with Gasteiger partial charge in [0.25, 0.3) is 0 Å². The SMILES string of the molecule is COC(=O)c1c(CC(=O)N2CCC(NC(=O)CCc3ccccc3)CC2)[nH]c(C(C)=O)c1C. The highest BCUT2D eigenvalue weighted by Gasteiger charge is 2.28. The van der Waals surface area contributed by atoms with Crippen molar-refractivity contribution in [2.45, 2.75) is 52.0 Å². The molecule has 0 aliphatic carbocycles. The summed E-state index contributed by atoms with van der Waals surface area (Å²) in [7, 11) is 1.27. The van der Waals surface area contributed by atoms with E-state index in [0.717, 1.165) is 5.56 Å². The molecule has 2 N–H and O–H groups in total. The summed E-state index contributed by atoms with van der Waals surface area (Å²) in [5.74, 6) is -0.897. The number of hydrogen-bond acceptors (Lipinski definition) is 5. The highest BCUT2D eigenvalue weighted by molar-refractivity contribution is 6.01. The average molecular weight is 454 g/mol. The number of piperidine rings is 1. The first-order chi connectivity index (χ1) is 15.8. The van der Waals surface area contributed by atoms with E-state index in [1.807, 2.05) is 30.3 Å². The van der Waals surface area contributed by atoms with Gasteiger partial charge >= 0.3 is 5.97 Å². The molecule has 1 saturated heterocycles. The molecule has 1 aromatic heterocycles. The summed E-state index contributed by atoms with van der Waals surface area (Å²) in [5.41, 5.74) is 2.58. The van der Waals surface area contributed by atoms with Crippen molar-refractivity contribution in [1.82, 2.24) is 15.2 Å². The number of aromatic nitrogens is 1. The number of carbonyl (C=O) groups is 4. The lowest BCUT2D eigenvalue weighted by Crippen LogP contribution is -2.47. The molecule has 0 bridgehead atoms. The van der Waals surface area contributed by atoms with E-state index in [1.54, 1.807) is 11.8 Å². The quantitative estimate of drug-likeness (QED) is 0.472. The van der Waals surface area contributed by atoms with Gasteiger partial charge in [0.15, 0.2) is 5.78 Å². The lowest BCUT2D eigenvalue weighted by Gasteiger charge is -2.32. The molecule has 0 radical (unpaired) electrons. The van der Waals surface area contributed by atoms with E-state index in [1.165, 1.54) is 14.0 Å². The molecule has 0 atom stereocenters. The summed E-state index contributed by atoms with van der Waals surface area (Å²) in [6.07, 6.45) is 2.46. The number of H-pyrrole nitrogens is 1. The summed E-state index contributed by atoms with van der Waals surface area (Å²) >= 11 is 0. The number of amides is 2. The van der Waals surface area contributed by atoms with Crippen molar-refractivity contribution >= 4 is 23.6 Å². The van der Waals surface area contributed by atoms with E-state index in [9.17, 15) is 19.2 Å². The molecule has 2 amide bonds. The van der Waals surface area contributed by atoms with Crippen LogP contribution in [-0.2, 0) is 27.2 Å². The second kappa shape index (κ2) is 10.9. The number of esters is 1. The normalized spacial score (nSPS) is 14.1. The van der Waals surface area contributed by atoms with Gasteiger partial charge in [-0.3, -0.25) is 14.4 Å². The molecule has 176 valence electrons. The predicted octanol–water partition coefficient (Wildman–Crippen LogP) is 2.59. The third-order valence-corrected chi connectivity index (χ3v) is 6.09. The Kier molecular flexibility index (Phi) is 8.03. The van der Waals surface area contributed by atoms with Gasteiger partial charge in [-0.25, -0.2) is 4.79 Å². The molecule has 0 saturated carbocycles. The lowest BCUT2D eigenvalue weighted by atomic mass is 10.0. The first-order valence-electron chi connectivity index (χ1n) is 11.2. The maximum Gasteiger partial charge on any atom is 0.339 e. The van der Waals surface area contributed by atoms with Crippen LogP contribution in [0.2, 0.25) is 0 Å². The zero-order valence-electron chi connectivity index (χ0n) is 19.4. The van der Waals surface area contributed by atoms with Gasteiger partial charge in [0.1, 0.15) is 0 Å². The van der Waals surface area contributed by atoms with Gasteiger partial charge in [-0.15, -0.1) is 0 Å². The lowest BCUT2D eigenvalue weighted by molar-refractivity contribution is -0.131. The Morgan fingerprint density at radius 1 is 1.12 bits per heavy atom. The number of aryl methyl sites for hydroxylation is 1. The van der Waals surface area contributed by atoms with Crippen LogP contribution in [0.25, 0.3) is 0 Å². The van der Waals surface area contributed by atoms with E-state index in [0.29, 0.717) is 55.7 Å². The van der Waals surface area contributed by atoms with Gasteiger partial charge in [0.2, 0.25) is 11.8 Å². The molecule has 2 heterocycles. The Hall–Kier alpha value is -3.42.